The summed E-state index contributed by atoms with van der Waals surface area (Å²) in [6, 6.07) is 0. The van der Waals surface area contributed by atoms with Crippen LogP contribution in [0.2, 0.25) is 0 Å². The molecule has 0 saturated carbocycles. The highest BCUT2D eigenvalue weighted by Gasteiger charge is 2.50. The van der Waals surface area contributed by atoms with Gasteiger partial charge in [-0.15, -0.1) is 0 Å². The van der Waals surface area contributed by atoms with Gasteiger partial charge in [-0.3, -0.25) is 9.11 Å². The predicted octanol–water partition coefficient (Wildman–Crippen LogP) is 0.598. The molecule has 0 aromatic rings. The lowest BCUT2D eigenvalue weighted by molar-refractivity contribution is -0.291. The number of ether oxygens (including phenoxy) is 2. The van der Waals surface area contributed by atoms with Crippen molar-refractivity contribution in [1.82, 2.24) is 0 Å². The van der Waals surface area contributed by atoms with Gasteiger partial charge < -0.3 is 19.7 Å². The van der Waals surface area contributed by atoms with E-state index in [0.717, 1.165) is 32.1 Å². The quantitative estimate of drug-likeness (QED) is 0.189. The average Bonchev–Trinajstić information content (AvgIpc) is 2.63. The Balaban J connectivity index is 2.71. The molecule has 1 aliphatic rings. The minimum absolute atomic E-state index is 0.0673. The van der Waals surface area contributed by atoms with E-state index in [1.165, 1.54) is 12.8 Å². The zero-order valence-corrected chi connectivity index (χ0v) is 18.5. The SMILES string of the molecule is CCCCCCCCCCOC1O[C@H](CO)[C@H](O)[C@H](OS(=O)(=O)O)[C@H]1OS(=O)(=O)O. The van der Waals surface area contributed by atoms with E-state index < -0.39 is 58.1 Å². The number of aliphatic hydroxyl groups excluding tert-OH is 2. The molecule has 1 saturated heterocycles. The Morgan fingerprint density at radius 2 is 1.33 bits per heavy atom. The highest BCUT2D eigenvalue weighted by Crippen LogP contribution is 2.29. The maximum absolute atomic E-state index is 11.2. The average molecular weight is 481 g/mol. The predicted molar refractivity (Wildman–Crippen MR) is 103 cm³/mol. The summed E-state index contributed by atoms with van der Waals surface area (Å²) < 4.78 is 81.8. The minimum Gasteiger partial charge on any atom is -0.394 e. The van der Waals surface area contributed by atoms with Crippen LogP contribution in [0, 0.1) is 0 Å². The van der Waals surface area contributed by atoms with E-state index >= 15 is 0 Å². The Bertz CT molecular complexity index is 680. The molecular formula is C16H32O12S2. The van der Waals surface area contributed by atoms with Gasteiger partial charge in [-0.2, -0.15) is 16.8 Å². The first-order chi connectivity index (χ1) is 14.0. The molecule has 1 rings (SSSR count). The number of hydrogen-bond acceptors (Lipinski definition) is 10. The maximum Gasteiger partial charge on any atom is 0.397 e. The first-order valence-corrected chi connectivity index (χ1v) is 12.6. The fourth-order valence-corrected chi connectivity index (χ4v) is 4.09. The van der Waals surface area contributed by atoms with Crippen molar-refractivity contribution >= 4 is 20.8 Å². The van der Waals surface area contributed by atoms with Gasteiger partial charge in [0.15, 0.2) is 12.4 Å². The topological polar surface area (TPSA) is 186 Å². The lowest BCUT2D eigenvalue weighted by atomic mass is 9.99. The van der Waals surface area contributed by atoms with E-state index in [1.807, 2.05) is 0 Å². The van der Waals surface area contributed by atoms with Crippen LogP contribution in [-0.4, -0.2) is 80.1 Å². The van der Waals surface area contributed by atoms with Crippen molar-refractivity contribution in [3.8, 4) is 0 Å². The molecule has 4 N–H and O–H groups in total. The highest BCUT2D eigenvalue weighted by atomic mass is 32.3. The Kier molecular flexibility index (Phi) is 12.2. The molecule has 1 aliphatic heterocycles. The standard InChI is InChI=1S/C16H32O12S2/c1-2-3-4-5-6-7-8-9-10-25-16-15(28-30(22,23)24)14(27-29(19,20)21)13(18)12(11-17)26-16/h12-18H,2-11H2,1H3,(H,19,20,21)(H,22,23,24)/t12-,13+,14+,15-,16?/m1/s1. The van der Waals surface area contributed by atoms with Gasteiger partial charge >= 0.3 is 20.8 Å². The molecule has 30 heavy (non-hydrogen) atoms. The molecule has 0 radical (unpaired) electrons. The molecule has 1 unspecified atom stereocenters. The summed E-state index contributed by atoms with van der Waals surface area (Å²) in [5, 5.41) is 19.4. The molecule has 1 fully saturated rings. The van der Waals surface area contributed by atoms with Gasteiger partial charge in [0.1, 0.15) is 18.3 Å². The summed E-state index contributed by atoms with van der Waals surface area (Å²) in [7, 11) is -10.3. The molecular weight excluding hydrogens is 448 g/mol. The van der Waals surface area contributed by atoms with Gasteiger partial charge in [0.2, 0.25) is 0 Å². The van der Waals surface area contributed by atoms with Gasteiger partial charge in [0.25, 0.3) is 0 Å². The lowest BCUT2D eigenvalue weighted by Crippen LogP contribution is -2.61. The lowest BCUT2D eigenvalue weighted by Gasteiger charge is -2.41. The summed E-state index contributed by atoms with van der Waals surface area (Å²) in [6.45, 7) is 1.41. The Morgan fingerprint density at radius 1 is 0.833 bits per heavy atom. The van der Waals surface area contributed by atoms with Crippen molar-refractivity contribution in [2.45, 2.75) is 89.0 Å². The summed E-state index contributed by atoms with van der Waals surface area (Å²) in [5.41, 5.74) is 0. The number of unbranched alkanes of at least 4 members (excludes halogenated alkanes) is 7. The van der Waals surface area contributed by atoms with Crippen LogP contribution in [0.25, 0.3) is 0 Å². The Morgan fingerprint density at radius 3 is 1.83 bits per heavy atom. The first kappa shape index (κ1) is 27.6. The molecule has 5 atom stereocenters. The van der Waals surface area contributed by atoms with Crippen molar-refractivity contribution in [1.29, 1.82) is 0 Å². The van der Waals surface area contributed by atoms with Crippen LogP contribution in [0.5, 0.6) is 0 Å². The van der Waals surface area contributed by atoms with Crippen LogP contribution in [0.15, 0.2) is 0 Å². The second-order valence-corrected chi connectivity index (χ2v) is 9.13. The summed E-state index contributed by atoms with van der Waals surface area (Å²) in [6.07, 6.45) is -0.833. The summed E-state index contributed by atoms with van der Waals surface area (Å²) >= 11 is 0. The van der Waals surface area contributed by atoms with E-state index in [-0.39, 0.29) is 6.61 Å². The minimum atomic E-state index is -5.15. The molecule has 0 bridgehead atoms. The summed E-state index contributed by atoms with van der Waals surface area (Å²) in [4.78, 5) is 0. The molecule has 0 aromatic carbocycles. The van der Waals surface area contributed by atoms with Crippen molar-refractivity contribution in [2.24, 2.45) is 0 Å². The zero-order chi connectivity index (χ0) is 22.8. The van der Waals surface area contributed by atoms with E-state index in [0.29, 0.717) is 6.42 Å². The van der Waals surface area contributed by atoms with E-state index in [9.17, 15) is 27.0 Å². The van der Waals surface area contributed by atoms with Gasteiger partial charge in [-0.1, -0.05) is 51.9 Å². The van der Waals surface area contributed by atoms with Crippen LogP contribution in [0.4, 0.5) is 0 Å². The van der Waals surface area contributed by atoms with E-state index in [2.05, 4.69) is 15.3 Å². The van der Waals surface area contributed by atoms with Crippen LogP contribution in [0.1, 0.15) is 58.3 Å². The fourth-order valence-electron chi connectivity index (χ4n) is 3.10. The van der Waals surface area contributed by atoms with Crippen molar-refractivity contribution in [2.75, 3.05) is 13.2 Å². The van der Waals surface area contributed by atoms with Crippen LogP contribution in [-0.2, 0) is 38.6 Å². The monoisotopic (exact) mass is 480 g/mol. The van der Waals surface area contributed by atoms with E-state index in [4.69, 9.17) is 18.6 Å². The molecule has 0 aliphatic carbocycles. The van der Waals surface area contributed by atoms with Crippen LogP contribution < -0.4 is 0 Å². The molecule has 180 valence electrons. The second-order valence-electron chi connectivity index (χ2n) is 7.04. The second kappa shape index (κ2) is 13.2. The van der Waals surface area contributed by atoms with Crippen molar-refractivity contribution in [3.05, 3.63) is 0 Å². The van der Waals surface area contributed by atoms with Crippen LogP contribution >= 0.6 is 0 Å². The molecule has 1 heterocycles. The third-order valence-corrected chi connectivity index (χ3v) is 5.47. The molecule has 0 aromatic heterocycles. The molecule has 12 nitrogen and oxygen atoms in total. The Hall–Kier alpha value is -0.420. The van der Waals surface area contributed by atoms with Gasteiger partial charge in [0, 0.05) is 6.61 Å². The normalized spacial score (nSPS) is 28.0. The van der Waals surface area contributed by atoms with Gasteiger partial charge in [0.05, 0.1) is 6.61 Å². The maximum atomic E-state index is 11.2. The molecule has 14 heteroatoms. The Labute approximate surface area is 177 Å². The number of aliphatic hydroxyl groups is 2. The van der Waals surface area contributed by atoms with Crippen LogP contribution in [0.3, 0.4) is 0 Å². The smallest absolute Gasteiger partial charge is 0.394 e. The summed E-state index contributed by atoms with van der Waals surface area (Å²) in [5.74, 6) is 0. The van der Waals surface area contributed by atoms with E-state index in [1.54, 1.807) is 0 Å². The number of rotatable bonds is 15. The van der Waals surface area contributed by atoms with Crippen molar-refractivity contribution < 1.29 is 54.0 Å². The molecule has 0 spiro atoms. The molecule has 0 amide bonds. The third kappa shape index (κ3) is 10.7. The fraction of sp³-hybridized carbons (Fsp3) is 1.00. The van der Waals surface area contributed by atoms with Crippen molar-refractivity contribution in [3.63, 3.8) is 0 Å². The third-order valence-electron chi connectivity index (χ3n) is 4.54. The largest absolute Gasteiger partial charge is 0.397 e. The van der Waals surface area contributed by atoms with Gasteiger partial charge in [-0.05, 0) is 6.42 Å². The number of hydrogen-bond donors (Lipinski definition) is 4. The first-order valence-electron chi connectivity index (χ1n) is 9.86. The van der Waals surface area contributed by atoms with Gasteiger partial charge in [-0.25, -0.2) is 8.37 Å². The zero-order valence-electron chi connectivity index (χ0n) is 16.8. The highest BCUT2D eigenvalue weighted by molar-refractivity contribution is 7.81.